The molecule has 1 rings (SSSR count). The van der Waals surface area contributed by atoms with E-state index in [1.807, 2.05) is 0 Å². The predicted molar refractivity (Wildman–Crippen MR) is 61.7 cm³/mol. The maximum Gasteiger partial charge on any atom is 0.343 e. The van der Waals surface area contributed by atoms with Gasteiger partial charge in [0.1, 0.15) is 0 Å². The number of methoxy groups -OCH3 is 3. The van der Waals surface area contributed by atoms with E-state index in [-0.39, 0.29) is 5.75 Å². The summed E-state index contributed by atoms with van der Waals surface area (Å²) in [4.78, 5) is 22.3. The molecule has 0 aliphatic heterocycles. The average molecular weight is 272 g/mol. The van der Waals surface area contributed by atoms with Gasteiger partial charge < -0.3 is 29.5 Å². The Morgan fingerprint density at radius 1 is 0.789 bits per heavy atom. The van der Waals surface area contributed by atoms with Crippen LogP contribution in [0.2, 0.25) is 0 Å². The molecule has 0 bridgehead atoms. The van der Waals surface area contributed by atoms with Crippen LogP contribution in [0.4, 0.5) is 0 Å². The molecule has 104 valence electrons. The Balaban J connectivity index is 3.91. The second kappa shape index (κ2) is 5.34. The lowest BCUT2D eigenvalue weighted by molar-refractivity contribution is 0.0666. The van der Waals surface area contributed by atoms with Crippen molar-refractivity contribution in [2.75, 3.05) is 21.3 Å². The van der Waals surface area contributed by atoms with Gasteiger partial charge in [-0.15, -0.1) is 0 Å². The zero-order valence-corrected chi connectivity index (χ0v) is 10.4. The average Bonchev–Trinajstić information content (AvgIpc) is 2.35. The fourth-order valence-electron chi connectivity index (χ4n) is 1.65. The topological polar surface area (TPSA) is 123 Å². The monoisotopic (exact) mass is 272 g/mol. The first-order valence-electron chi connectivity index (χ1n) is 4.92. The minimum absolute atomic E-state index is 0.345. The molecule has 3 N–H and O–H groups in total. The quantitative estimate of drug-likeness (QED) is 0.719. The van der Waals surface area contributed by atoms with E-state index in [1.165, 1.54) is 0 Å². The maximum absolute atomic E-state index is 11.2. The molecular weight excluding hydrogens is 260 g/mol. The molecule has 0 saturated carbocycles. The van der Waals surface area contributed by atoms with Crippen LogP contribution in [0, 0.1) is 0 Å². The number of phenols is 1. The number of benzene rings is 1. The van der Waals surface area contributed by atoms with Gasteiger partial charge in [0, 0.05) is 0 Å². The van der Waals surface area contributed by atoms with Crippen LogP contribution in [0.25, 0.3) is 0 Å². The molecule has 0 amide bonds. The number of rotatable bonds is 5. The Bertz CT molecular complexity index is 534. The van der Waals surface area contributed by atoms with Crippen molar-refractivity contribution in [3.63, 3.8) is 0 Å². The van der Waals surface area contributed by atoms with Gasteiger partial charge in [0.2, 0.25) is 0 Å². The van der Waals surface area contributed by atoms with Gasteiger partial charge in [-0.3, -0.25) is 0 Å². The van der Waals surface area contributed by atoms with Gasteiger partial charge in [-0.25, -0.2) is 9.59 Å². The third-order valence-electron chi connectivity index (χ3n) is 2.38. The summed E-state index contributed by atoms with van der Waals surface area (Å²) in [6.45, 7) is 0. The van der Waals surface area contributed by atoms with Crippen LogP contribution in [-0.4, -0.2) is 48.6 Å². The number of carboxylic acid groups (broad SMARTS) is 2. The van der Waals surface area contributed by atoms with Crippen molar-refractivity contribution in [3.05, 3.63) is 11.1 Å². The van der Waals surface area contributed by atoms with E-state index >= 15 is 0 Å². The molecule has 0 heterocycles. The highest BCUT2D eigenvalue weighted by atomic mass is 16.5. The molecule has 0 aliphatic carbocycles. The van der Waals surface area contributed by atoms with E-state index in [0.29, 0.717) is 0 Å². The van der Waals surface area contributed by atoms with Crippen molar-refractivity contribution in [1.29, 1.82) is 0 Å². The molecule has 1 aromatic carbocycles. The Hall–Kier alpha value is -2.64. The number of carbonyl (C=O) groups is 2. The third-order valence-corrected chi connectivity index (χ3v) is 2.38. The van der Waals surface area contributed by atoms with Gasteiger partial charge >= 0.3 is 11.9 Å². The SMILES string of the molecule is COc1c(OC)c(C(=O)O)c(OC)c(O)c1C(=O)O. The van der Waals surface area contributed by atoms with E-state index < -0.39 is 40.3 Å². The summed E-state index contributed by atoms with van der Waals surface area (Å²) in [6.07, 6.45) is 0. The summed E-state index contributed by atoms with van der Waals surface area (Å²) in [6, 6.07) is 0. The van der Waals surface area contributed by atoms with Crippen molar-refractivity contribution >= 4 is 11.9 Å². The first-order valence-corrected chi connectivity index (χ1v) is 4.92. The fraction of sp³-hybridized carbons (Fsp3) is 0.273. The van der Waals surface area contributed by atoms with E-state index in [9.17, 15) is 14.7 Å². The molecule has 19 heavy (non-hydrogen) atoms. The zero-order valence-electron chi connectivity index (χ0n) is 10.4. The Labute approximate surface area is 107 Å². The van der Waals surface area contributed by atoms with Gasteiger partial charge in [-0.2, -0.15) is 0 Å². The van der Waals surface area contributed by atoms with Crippen LogP contribution in [0.5, 0.6) is 23.0 Å². The van der Waals surface area contributed by atoms with Gasteiger partial charge in [-0.05, 0) is 0 Å². The summed E-state index contributed by atoms with van der Waals surface area (Å²) in [5, 5.41) is 28.0. The van der Waals surface area contributed by atoms with Gasteiger partial charge in [-0.1, -0.05) is 0 Å². The lowest BCUT2D eigenvalue weighted by atomic mass is 10.0. The standard InChI is InChI=1S/C11H12O8/c1-17-7-5(11(15)16)9(19-3)8(18-2)4(6(7)12)10(13)14/h12H,1-3H3,(H,13,14)(H,15,16). The molecule has 8 nitrogen and oxygen atoms in total. The molecule has 0 saturated heterocycles. The van der Waals surface area contributed by atoms with E-state index in [4.69, 9.17) is 24.4 Å². The minimum Gasteiger partial charge on any atom is -0.504 e. The van der Waals surface area contributed by atoms with E-state index in [0.717, 1.165) is 21.3 Å². The molecule has 0 atom stereocenters. The summed E-state index contributed by atoms with van der Waals surface area (Å²) in [5.41, 5.74) is -1.16. The first-order chi connectivity index (χ1) is 8.90. The Morgan fingerprint density at radius 3 is 1.47 bits per heavy atom. The van der Waals surface area contributed by atoms with Crippen molar-refractivity contribution in [2.24, 2.45) is 0 Å². The van der Waals surface area contributed by atoms with Crippen molar-refractivity contribution in [1.82, 2.24) is 0 Å². The van der Waals surface area contributed by atoms with Crippen molar-refractivity contribution in [3.8, 4) is 23.0 Å². The molecular formula is C11H12O8. The maximum atomic E-state index is 11.2. The molecule has 0 aromatic heterocycles. The Morgan fingerprint density at radius 2 is 1.16 bits per heavy atom. The van der Waals surface area contributed by atoms with Crippen LogP contribution < -0.4 is 14.2 Å². The third kappa shape index (κ3) is 2.19. The highest BCUT2D eigenvalue weighted by Crippen LogP contribution is 2.47. The zero-order chi connectivity index (χ0) is 14.7. The van der Waals surface area contributed by atoms with Crippen LogP contribution in [0.3, 0.4) is 0 Å². The lowest BCUT2D eigenvalue weighted by Crippen LogP contribution is -2.10. The van der Waals surface area contributed by atoms with Gasteiger partial charge in [0.25, 0.3) is 0 Å². The molecule has 0 radical (unpaired) electrons. The van der Waals surface area contributed by atoms with Gasteiger partial charge in [0.15, 0.2) is 34.1 Å². The second-order valence-corrected chi connectivity index (χ2v) is 3.31. The molecule has 0 unspecified atom stereocenters. The number of hydrogen-bond donors (Lipinski definition) is 3. The molecule has 1 aromatic rings. The largest absolute Gasteiger partial charge is 0.504 e. The smallest absolute Gasteiger partial charge is 0.343 e. The van der Waals surface area contributed by atoms with Gasteiger partial charge in [0.05, 0.1) is 21.3 Å². The summed E-state index contributed by atoms with van der Waals surface area (Å²) >= 11 is 0. The molecule has 8 heteroatoms. The Kier molecular flexibility index (Phi) is 4.05. The highest BCUT2D eigenvalue weighted by molar-refractivity contribution is 6.03. The summed E-state index contributed by atoms with van der Waals surface area (Å²) in [7, 11) is 3.37. The van der Waals surface area contributed by atoms with Crippen LogP contribution in [0.15, 0.2) is 0 Å². The summed E-state index contributed by atoms with van der Waals surface area (Å²) < 4.78 is 14.4. The number of carboxylic acids is 2. The fourth-order valence-corrected chi connectivity index (χ4v) is 1.65. The first kappa shape index (κ1) is 14.4. The summed E-state index contributed by atoms with van der Waals surface area (Å²) in [5.74, 6) is -5.07. The van der Waals surface area contributed by atoms with Crippen molar-refractivity contribution < 1.29 is 39.1 Å². The lowest BCUT2D eigenvalue weighted by Gasteiger charge is -2.17. The van der Waals surface area contributed by atoms with Crippen molar-refractivity contribution in [2.45, 2.75) is 0 Å². The van der Waals surface area contributed by atoms with E-state index in [1.54, 1.807) is 0 Å². The van der Waals surface area contributed by atoms with Crippen LogP contribution >= 0.6 is 0 Å². The van der Waals surface area contributed by atoms with Crippen LogP contribution in [-0.2, 0) is 0 Å². The minimum atomic E-state index is -1.51. The predicted octanol–water partition coefficient (Wildman–Crippen LogP) is 0.814. The van der Waals surface area contributed by atoms with Crippen LogP contribution in [0.1, 0.15) is 20.7 Å². The molecule has 0 fully saturated rings. The highest BCUT2D eigenvalue weighted by Gasteiger charge is 2.33. The number of aromatic hydroxyl groups is 1. The second-order valence-electron chi connectivity index (χ2n) is 3.31. The normalized spacial score (nSPS) is 9.84. The molecule has 0 aliphatic rings. The van der Waals surface area contributed by atoms with E-state index in [2.05, 4.69) is 0 Å². The number of aromatic carboxylic acids is 2. The number of ether oxygens (including phenoxy) is 3. The number of hydrogen-bond acceptors (Lipinski definition) is 6. The molecule has 0 spiro atoms.